The van der Waals surface area contributed by atoms with Crippen LogP contribution in [-0.4, -0.2) is 17.0 Å². The number of nitrogens with one attached hydrogen (secondary N) is 1. The average molecular weight is 277 g/mol. The van der Waals surface area contributed by atoms with E-state index in [4.69, 9.17) is 5.11 Å². The van der Waals surface area contributed by atoms with Gasteiger partial charge in [0.2, 0.25) is 0 Å². The van der Waals surface area contributed by atoms with Gasteiger partial charge < -0.3 is 10.4 Å². The number of halogens is 2. The Morgan fingerprint density at radius 1 is 1.00 bits per heavy atom. The Morgan fingerprint density at radius 2 is 1.70 bits per heavy atom. The van der Waals surface area contributed by atoms with Crippen LogP contribution >= 0.6 is 0 Å². The normalized spacial score (nSPS) is 10.1. The lowest BCUT2D eigenvalue weighted by molar-refractivity contribution is 0.0696. The molecular weight excluding hydrogens is 268 g/mol. The first-order valence-corrected chi connectivity index (χ1v) is 5.58. The number of carbonyl (C=O) groups excluding carboxylic acids is 1. The zero-order chi connectivity index (χ0) is 14.7. The molecule has 0 fully saturated rings. The monoisotopic (exact) mass is 277 g/mol. The topological polar surface area (TPSA) is 66.4 Å². The van der Waals surface area contributed by atoms with Gasteiger partial charge in [0.05, 0.1) is 16.8 Å². The average Bonchev–Trinajstić information content (AvgIpc) is 2.41. The molecule has 6 heteroatoms. The van der Waals surface area contributed by atoms with E-state index < -0.39 is 23.5 Å². The summed E-state index contributed by atoms with van der Waals surface area (Å²) in [5.74, 6) is -3.73. The lowest BCUT2D eigenvalue weighted by atomic mass is 10.1. The Labute approximate surface area is 112 Å². The van der Waals surface area contributed by atoms with E-state index in [0.717, 1.165) is 24.3 Å². The fourth-order valence-electron chi connectivity index (χ4n) is 1.58. The van der Waals surface area contributed by atoms with Gasteiger partial charge in [-0.2, -0.15) is 0 Å². The summed E-state index contributed by atoms with van der Waals surface area (Å²) in [7, 11) is 0. The summed E-state index contributed by atoms with van der Waals surface area (Å²) >= 11 is 0. The molecule has 2 aromatic carbocycles. The Kier molecular flexibility index (Phi) is 3.74. The number of hydrogen-bond acceptors (Lipinski definition) is 2. The summed E-state index contributed by atoms with van der Waals surface area (Å²) in [4.78, 5) is 22.4. The molecule has 20 heavy (non-hydrogen) atoms. The van der Waals surface area contributed by atoms with Crippen LogP contribution in [0.3, 0.4) is 0 Å². The minimum atomic E-state index is -1.28. The summed E-state index contributed by atoms with van der Waals surface area (Å²) < 4.78 is 27.0. The fourth-order valence-corrected chi connectivity index (χ4v) is 1.58. The molecule has 0 heterocycles. The number of anilines is 1. The Bertz CT molecular complexity index is 686. The number of hydrogen-bond donors (Lipinski definition) is 2. The molecule has 0 saturated carbocycles. The van der Waals surface area contributed by atoms with E-state index in [1.54, 1.807) is 0 Å². The molecule has 2 rings (SSSR count). The summed E-state index contributed by atoms with van der Waals surface area (Å²) in [6, 6.07) is 8.29. The van der Waals surface area contributed by atoms with Gasteiger partial charge in [-0.1, -0.05) is 12.1 Å². The SMILES string of the molecule is O=C(O)c1ccc(NC(=O)c2ccccc2F)c(F)c1. The lowest BCUT2D eigenvalue weighted by Gasteiger charge is -2.07. The highest BCUT2D eigenvalue weighted by Gasteiger charge is 2.14. The van der Waals surface area contributed by atoms with Gasteiger partial charge in [0, 0.05) is 0 Å². The molecule has 1 amide bonds. The van der Waals surface area contributed by atoms with Gasteiger partial charge >= 0.3 is 5.97 Å². The second kappa shape index (κ2) is 5.48. The van der Waals surface area contributed by atoms with E-state index in [9.17, 15) is 18.4 Å². The van der Waals surface area contributed by atoms with Gasteiger partial charge in [0.25, 0.3) is 5.91 Å². The Balaban J connectivity index is 2.25. The van der Waals surface area contributed by atoms with Crippen LogP contribution in [0.25, 0.3) is 0 Å². The van der Waals surface area contributed by atoms with Crippen LogP contribution in [-0.2, 0) is 0 Å². The lowest BCUT2D eigenvalue weighted by Crippen LogP contribution is -2.15. The zero-order valence-electron chi connectivity index (χ0n) is 10.1. The number of rotatable bonds is 3. The molecular formula is C14H9F2NO3. The number of aromatic carboxylic acids is 1. The molecule has 0 spiro atoms. The molecule has 0 aliphatic heterocycles. The van der Waals surface area contributed by atoms with E-state index in [1.165, 1.54) is 18.2 Å². The standard InChI is InChI=1S/C14H9F2NO3/c15-10-4-2-1-3-9(10)13(18)17-12-6-5-8(14(19)20)7-11(12)16/h1-7H,(H,17,18)(H,19,20). The van der Waals surface area contributed by atoms with Gasteiger partial charge in [0.1, 0.15) is 11.6 Å². The zero-order valence-corrected chi connectivity index (χ0v) is 10.1. The molecule has 0 atom stereocenters. The molecule has 4 nitrogen and oxygen atoms in total. The van der Waals surface area contributed by atoms with E-state index in [1.807, 2.05) is 0 Å². The van der Waals surface area contributed by atoms with Crippen molar-refractivity contribution in [3.05, 3.63) is 65.2 Å². The van der Waals surface area contributed by atoms with Gasteiger partial charge in [-0.3, -0.25) is 4.79 Å². The second-order valence-electron chi connectivity index (χ2n) is 3.93. The maximum Gasteiger partial charge on any atom is 0.335 e. The molecule has 0 unspecified atom stereocenters. The maximum atomic E-state index is 13.6. The number of carboxylic acids is 1. The van der Waals surface area contributed by atoms with Gasteiger partial charge in [0.15, 0.2) is 0 Å². The van der Waals surface area contributed by atoms with Gasteiger partial charge in [-0.15, -0.1) is 0 Å². The quantitative estimate of drug-likeness (QED) is 0.906. The van der Waals surface area contributed by atoms with Crippen molar-refractivity contribution in [2.24, 2.45) is 0 Å². The number of benzene rings is 2. The van der Waals surface area contributed by atoms with Crippen molar-refractivity contribution in [1.29, 1.82) is 0 Å². The van der Waals surface area contributed by atoms with Crippen LogP contribution in [0.15, 0.2) is 42.5 Å². The largest absolute Gasteiger partial charge is 0.478 e. The van der Waals surface area contributed by atoms with Crippen LogP contribution < -0.4 is 5.32 Å². The van der Waals surface area contributed by atoms with Gasteiger partial charge in [-0.05, 0) is 30.3 Å². The van der Waals surface area contributed by atoms with E-state index >= 15 is 0 Å². The van der Waals surface area contributed by atoms with Crippen molar-refractivity contribution in [3.63, 3.8) is 0 Å². The van der Waals surface area contributed by atoms with Crippen molar-refractivity contribution < 1.29 is 23.5 Å². The van der Waals surface area contributed by atoms with Crippen molar-refractivity contribution in [3.8, 4) is 0 Å². The summed E-state index contributed by atoms with van der Waals surface area (Å²) in [6.07, 6.45) is 0. The van der Waals surface area contributed by atoms with Crippen LogP contribution in [0.4, 0.5) is 14.5 Å². The number of carboxylic acid groups (broad SMARTS) is 1. The van der Waals surface area contributed by atoms with Crippen molar-refractivity contribution in [2.75, 3.05) is 5.32 Å². The van der Waals surface area contributed by atoms with E-state index in [2.05, 4.69) is 5.32 Å². The van der Waals surface area contributed by atoms with Crippen molar-refractivity contribution >= 4 is 17.6 Å². The Hall–Kier alpha value is -2.76. The first-order valence-electron chi connectivity index (χ1n) is 5.58. The van der Waals surface area contributed by atoms with Crippen molar-refractivity contribution in [2.45, 2.75) is 0 Å². The molecule has 0 bridgehead atoms. The third-order valence-electron chi connectivity index (χ3n) is 2.58. The van der Waals surface area contributed by atoms with Crippen LogP contribution in [0, 0.1) is 11.6 Å². The van der Waals surface area contributed by atoms with Crippen molar-refractivity contribution in [1.82, 2.24) is 0 Å². The molecule has 0 saturated heterocycles. The summed E-state index contributed by atoms with van der Waals surface area (Å²) in [6.45, 7) is 0. The molecule has 2 aromatic rings. The first-order chi connectivity index (χ1) is 9.49. The highest BCUT2D eigenvalue weighted by Crippen LogP contribution is 2.17. The van der Waals surface area contributed by atoms with E-state index in [-0.39, 0.29) is 16.8 Å². The summed E-state index contributed by atoms with van der Waals surface area (Å²) in [5, 5.41) is 10.9. The minimum absolute atomic E-state index is 0.219. The second-order valence-corrected chi connectivity index (χ2v) is 3.93. The Morgan fingerprint density at radius 3 is 2.30 bits per heavy atom. The van der Waals surface area contributed by atoms with Crippen LogP contribution in [0.1, 0.15) is 20.7 Å². The smallest absolute Gasteiger partial charge is 0.335 e. The molecule has 0 aliphatic carbocycles. The predicted octanol–water partition coefficient (Wildman–Crippen LogP) is 2.92. The van der Waals surface area contributed by atoms with E-state index in [0.29, 0.717) is 0 Å². The van der Waals surface area contributed by atoms with Crippen LogP contribution in [0.2, 0.25) is 0 Å². The maximum absolute atomic E-state index is 13.6. The highest BCUT2D eigenvalue weighted by atomic mass is 19.1. The molecule has 0 aliphatic rings. The highest BCUT2D eigenvalue weighted by molar-refractivity contribution is 6.04. The molecule has 0 radical (unpaired) electrons. The minimum Gasteiger partial charge on any atom is -0.478 e. The fraction of sp³-hybridized carbons (Fsp3) is 0. The number of amides is 1. The molecule has 0 aromatic heterocycles. The van der Waals surface area contributed by atoms with Gasteiger partial charge in [-0.25, -0.2) is 13.6 Å². The molecule has 2 N–H and O–H groups in total. The molecule has 102 valence electrons. The predicted molar refractivity (Wildman–Crippen MR) is 67.7 cm³/mol. The first kappa shape index (κ1) is 13.7. The summed E-state index contributed by atoms with van der Waals surface area (Å²) in [5.41, 5.74) is -0.691. The van der Waals surface area contributed by atoms with Crippen LogP contribution in [0.5, 0.6) is 0 Å². The number of carbonyl (C=O) groups is 2. The third kappa shape index (κ3) is 2.80. The third-order valence-corrected chi connectivity index (χ3v) is 2.58.